The summed E-state index contributed by atoms with van der Waals surface area (Å²) in [4.78, 5) is 22.0. The highest BCUT2D eigenvalue weighted by Crippen LogP contribution is 2.01. The van der Waals surface area contributed by atoms with Gasteiger partial charge in [0.1, 0.15) is 0 Å². The number of rotatable bonds is 5. The van der Waals surface area contributed by atoms with E-state index in [1.54, 1.807) is 0 Å². The Kier molecular flexibility index (Phi) is 4.28. The molecule has 104 valence electrons. The van der Waals surface area contributed by atoms with Crippen molar-refractivity contribution in [3.05, 3.63) is 42.1 Å². The van der Waals surface area contributed by atoms with Crippen molar-refractivity contribution < 1.29 is 23.9 Å². The number of hydrogen-bond donors (Lipinski definition) is 3. The molecule has 0 radical (unpaired) electrons. The van der Waals surface area contributed by atoms with Crippen LogP contribution in [0.4, 0.5) is 10.7 Å². The minimum Gasteiger partial charge on any atom is -0.476 e. The first-order chi connectivity index (χ1) is 9.63. The van der Waals surface area contributed by atoms with Crippen molar-refractivity contribution in [3.63, 3.8) is 0 Å². The van der Waals surface area contributed by atoms with E-state index in [-0.39, 0.29) is 12.4 Å². The number of aliphatic carboxylic acids is 1. The van der Waals surface area contributed by atoms with E-state index < -0.39 is 12.0 Å². The molecule has 0 aliphatic rings. The molecule has 8 nitrogen and oxygen atoms in total. The molecule has 0 fully saturated rings. The maximum absolute atomic E-state index is 11.6. The predicted octanol–water partition coefficient (Wildman–Crippen LogP) is 0.368. The fourth-order valence-corrected chi connectivity index (χ4v) is 1.48. The SMILES string of the molecule is O=C(O)C[n+]1cc(NC(=O)NCc2ccccc2)on1. The fraction of sp³-hybridized carbons (Fsp3) is 0.167. The van der Waals surface area contributed by atoms with Crippen molar-refractivity contribution in [2.75, 3.05) is 5.32 Å². The second kappa shape index (κ2) is 6.32. The number of anilines is 1. The molecule has 2 aromatic rings. The average Bonchev–Trinajstić information content (AvgIpc) is 2.84. The van der Waals surface area contributed by atoms with Gasteiger partial charge in [-0.15, -0.1) is 0 Å². The Hall–Kier alpha value is -2.90. The lowest BCUT2D eigenvalue weighted by Gasteiger charge is -2.03. The van der Waals surface area contributed by atoms with Crippen molar-refractivity contribution in [1.82, 2.24) is 10.6 Å². The summed E-state index contributed by atoms with van der Waals surface area (Å²) in [6.07, 6.45) is 1.29. The number of urea groups is 1. The zero-order valence-corrected chi connectivity index (χ0v) is 10.4. The third kappa shape index (κ3) is 4.09. The first-order valence-corrected chi connectivity index (χ1v) is 5.80. The third-order valence-corrected chi connectivity index (χ3v) is 2.34. The molecule has 1 heterocycles. The molecule has 0 saturated carbocycles. The van der Waals surface area contributed by atoms with Gasteiger partial charge in [0.05, 0.1) is 0 Å². The second-order valence-electron chi connectivity index (χ2n) is 3.95. The lowest BCUT2D eigenvalue weighted by molar-refractivity contribution is -0.752. The minimum absolute atomic E-state index is 0.0665. The van der Waals surface area contributed by atoms with Crippen LogP contribution in [-0.2, 0) is 17.9 Å². The van der Waals surface area contributed by atoms with Gasteiger partial charge in [0, 0.05) is 6.54 Å². The van der Waals surface area contributed by atoms with Crippen LogP contribution in [-0.4, -0.2) is 22.4 Å². The number of nitrogens with one attached hydrogen (secondary N) is 2. The molecule has 0 bridgehead atoms. The molecule has 0 aliphatic heterocycles. The summed E-state index contributed by atoms with van der Waals surface area (Å²) in [5.41, 5.74) is 0.959. The summed E-state index contributed by atoms with van der Waals surface area (Å²) in [5, 5.41) is 17.1. The molecule has 1 aromatic carbocycles. The maximum atomic E-state index is 11.6. The van der Waals surface area contributed by atoms with E-state index in [4.69, 9.17) is 9.63 Å². The average molecular weight is 277 g/mol. The Bertz CT molecular complexity index is 597. The quantitative estimate of drug-likeness (QED) is 0.684. The maximum Gasteiger partial charge on any atom is 0.372 e. The Balaban J connectivity index is 1.82. The standard InChI is InChI=1S/C12H12N4O4/c17-11(18)8-16-7-10(20-15-16)14-12(19)13-6-9-4-2-1-3-5-9/h1-5,7H,6,8H2,(H2-,13,14,15,17,18,19)/p+1. The molecule has 2 rings (SSSR count). The summed E-state index contributed by atoms with van der Waals surface area (Å²) in [6, 6.07) is 8.94. The first kappa shape index (κ1) is 13.5. The van der Waals surface area contributed by atoms with Gasteiger partial charge in [-0.3, -0.25) is 9.84 Å². The molecule has 0 unspecified atom stereocenters. The molecule has 3 N–H and O–H groups in total. The van der Waals surface area contributed by atoms with Crippen molar-refractivity contribution in [3.8, 4) is 0 Å². The van der Waals surface area contributed by atoms with Crippen molar-refractivity contribution >= 4 is 17.9 Å². The van der Waals surface area contributed by atoms with Crippen LogP contribution in [0.3, 0.4) is 0 Å². The predicted molar refractivity (Wildman–Crippen MR) is 66.6 cm³/mol. The third-order valence-electron chi connectivity index (χ3n) is 2.34. The number of carbonyl (C=O) groups is 2. The van der Waals surface area contributed by atoms with E-state index in [9.17, 15) is 9.59 Å². The highest BCUT2D eigenvalue weighted by Gasteiger charge is 2.16. The van der Waals surface area contributed by atoms with Gasteiger partial charge < -0.3 is 10.4 Å². The molecule has 0 saturated heterocycles. The molecule has 0 aliphatic carbocycles. The summed E-state index contributed by atoms with van der Waals surface area (Å²) in [6.45, 7) is 0.0345. The van der Waals surface area contributed by atoms with Crippen LogP contribution in [0.1, 0.15) is 5.56 Å². The summed E-state index contributed by atoms with van der Waals surface area (Å²) in [5.74, 6) is -0.986. The molecular weight excluding hydrogens is 264 g/mol. The van der Waals surface area contributed by atoms with Gasteiger partial charge in [0.2, 0.25) is 5.27 Å². The lowest BCUT2D eigenvalue weighted by Crippen LogP contribution is -2.38. The van der Waals surface area contributed by atoms with Gasteiger partial charge in [-0.25, -0.2) is 9.59 Å². The van der Waals surface area contributed by atoms with Crippen LogP contribution < -0.4 is 15.3 Å². The normalized spacial score (nSPS) is 10.0. The van der Waals surface area contributed by atoms with Crippen molar-refractivity contribution in [2.24, 2.45) is 0 Å². The zero-order valence-electron chi connectivity index (χ0n) is 10.4. The Labute approximate surface area is 114 Å². The molecular formula is C12H13N4O4+. The largest absolute Gasteiger partial charge is 0.476 e. The Morgan fingerprint density at radius 1 is 1.30 bits per heavy atom. The van der Waals surface area contributed by atoms with Crippen LogP contribution in [0.15, 0.2) is 41.1 Å². The fourth-order valence-electron chi connectivity index (χ4n) is 1.48. The summed E-state index contributed by atoms with van der Waals surface area (Å²) >= 11 is 0. The lowest BCUT2D eigenvalue weighted by atomic mass is 10.2. The number of amides is 2. The van der Waals surface area contributed by atoms with Gasteiger partial charge >= 0.3 is 17.9 Å². The highest BCUT2D eigenvalue weighted by atomic mass is 16.5. The van der Waals surface area contributed by atoms with Gasteiger partial charge in [-0.2, -0.15) is 0 Å². The zero-order chi connectivity index (χ0) is 14.4. The van der Waals surface area contributed by atoms with Gasteiger partial charge in [-0.05, 0) is 10.2 Å². The van der Waals surface area contributed by atoms with E-state index >= 15 is 0 Å². The van der Waals surface area contributed by atoms with Crippen LogP contribution >= 0.6 is 0 Å². The van der Waals surface area contributed by atoms with Gasteiger partial charge in [-0.1, -0.05) is 30.3 Å². The van der Waals surface area contributed by atoms with Crippen LogP contribution in [0.2, 0.25) is 0 Å². The smallest absolute Gasteiger partial charge is 0.372 e. The van der Waals surface area contributed by atoms with Crippen LogP contribution in [0, 0.1) is 0 Å². The molecule has 1 aromatic heterocycles. The van der Waals surface area contributed by atoms with E-state index in [0.29, 0.717) is 6.54 Å². The number of aromatic nitrogens is 2. The topological polar surface area (TPSA) is 108 Å². The molecule has 0 atom stereocenters. The van der Waals surface area contributed by atoms with Crippen LogP contribution in [0.5, 0.6) is 0 Å². The van der Waals surface area contributed by atoms with E-state index in [2.05, 4.69) is 15.9 Å². The number of nitrogens with zero attached hydrogens (tertiary/aromatic N) is 2. The van der Waals surface area contributed by atoms with E-state index in [1.807, 2.05) is 30.3 Å². The molecule has 2 amide bonds. The highest BCUT2D eigenvalue weighted by molar-refractivity contribution is 5.87. The first-order valence-electron chi connectivity index (χ1n) is 5.80. The van der Waals surface area contributed by atoms with Crippen LogP contribution in [0.25, 0.3) is 0 Å². The minimum atomic E-state index is -1.05. The summed E-state index contributed by atoms with van der Waals surface area (Å²) in [7, 11) is 0. The van der Waals surface area contributed by atoms with Crippen molar-refractivity contribution in [2.45, 2.75) is 13.1 Å². The number of hydrogen-bond acceptors (Lipinski definition) is 4. The van der Waals surface area contributed by atoms with E-state index in [0.717, 1.165) is 10.2 Å². The number of carboxylic acids is 1. The number of carbonyl (C=O) groups excluding carboxylic acids is 1. The van der Waals surface area contributed by atoms with E-state index in [1.165, 1.54) is 6.20 Å². The molecule has 20 heavy (non-hydrogen) atoms. The summed E-state index contributed by atoms with van der Waals surface area (Å²) < 4.78 is 5.83. The Morgan fingerprint density at radius 3 is 2.75 bits per heavy atom. The molecule has 8 heteroatoms. The Morgan fingerprint density at radius 2 is 2.05 bits per heavy atom. The monoisotopic (exact) mass is 277 g/mol. The van der Waals surface area contributed by atoms with Crippen molar-refractivity contribution in [1.29, 1.82) is 0 Å². The second-order valence-corrected chi connectivity index (χ2v) is 3.95. The van der Waals surface area contributed by atoms with Gasteiger partial charge in [0.15, 0.2) is 0 Å². The van der Waals surface area contributed by atoms with Gasteiger partial charge in [0.25, 0.3) is 12.7 Å². The molecule has 0 spiro atoms. The number of carboxylic acid groups (broad SMARTS) is 1. The number of benzene rings is 1.